The largest absolute Gasteiger partial charge is 0.507 e. The zero-order valence-corrected chi connectivity index (χ0v) is 17.5. The van der Waals surface area contributed by atoms with Crippen LogP contribution in [-0.2, 0) is 14.9 Å². The Morgan fingerprint density at radius 1 is 1.09 bits per heavy atom. The molecule has 8 nitrogen and oxygen atoms in total. The zero-order valence-electron chi connectivity index (χ0n) is 16.7. The predicted molar refractivity (Wildman–Crippen MR) is 118 cm³/mol. The van der Waals surface area contributed by atoms with Crippen molar-refractivity contribution in [3.63, 3.8) is 0 Å². The highest BCUT2D eigenvalue weighted by Gasteiger charge is 2.33. The van der Waals surface area contributed by atoms with Gasteiger partial charge in [-0.15, -0.1) is 0 Å². The minimum atomic E-state index is -4.69. The molecule has 9 heteroatoms. The van der Waals surface area contributed by atoms with Gasteiger partial charge in [0, 0.05) is 5.57 Å². The SMILES string of the molecule is Nc1c(S(=O)(=O)O)ccc2c(O)c(C(C(=O)C3=CCCC=C3)c3ccccc3)c(=O)oc12. The number of nitrogens with two attached hydrogens (primary N) is 1. The Labute approximate surface area is 183 Å². The molecule has 4 rings (SSSR count). The number of allylic oxidation sites excluding steroid dienone is 4. The number of nitrogen functional groups attached to an aromatic ring is 1. The molecule has 0 saturated carbocycles. The third kappa shape index (κ3) is 3.72. The maximum absolute atomic E-state index is 13.4. The van der Waals surface area contributed by atoms with Crippen LogP contribution in [0, 0.1) is 0 Å². The van der Waals surface area contributed by atoms with E-state index in [1.807, 2.05) is 6.08 Å². The third-order valence-corrected chi connectivity index (χ3v) is 6.23. The van der Waals surface area contributed by atoms with Gasteiger partial charge < -0.3 is 15.3 Å². The number of anilines is 1. The molecule has 32 heavy (non-hydrogen) atoms. The van der Waals surface area contributed by atoms with Crippen LogP contribution in [-0.4, -0.2) is 23.9 Å². The number of carbonyl (C=O) groups excluding carboxylic acids is 1. The van der Waals surface area contributed by atoms with Gasteiger partial charge in [0.05, 0.1) is 22.6 Å². The first kappa shape index (κ1) is 21.5. The van der Waals surface area contributed by atoms with E-state index in [9.17, 15) is 27.7 Å². The summed E-state index contributed by atoms with van der Waals surface area (Å²) in [5.41, 5.74) is 4.42. The van der Waals surface area contributed by atoms with Crippen LogP contribution >= 0.6 is 0 Å². The molecule has 0 spiro atoms. The van der Waals surface area contributed by atoms with Crippen molar-refractivity contribution in [3.05, 3.63) is 87.8 Å². The molecule has 3 aromatic rings. The summed E-state index contributed by atoms with van der Waals surface area (Å²) in [5, 5.41) is 10.9. The Kier molecular flexibility index (Phi) is 5.45. The van der Waals surface area contributed by atoms with Gasteiger partial charge in [-0.2, -0.15) is 8.42 Å². The smallest absolute Gasteiger partial charge is 0.344 e. The Hall–Kier alpha value is -3.69. The lowest BCUT2D eigenvalue weighted by molar-refractivity contribution is -0.115. The first-order chi connectivity index (χ1) is 15.2. The van der Waals surface area contributed by atoms with Gasteiger partial charge in [0.2, 0.25) is 0 Å². The number of ketones is 1. The number of hydrogen-bond donors (Lipinski definition) is 3. The van der Waals surface area contributed by atoms with Crippen LogP contribution in [0.2, 0.25) is 0 Å². The second kappa shape index (κ2) is 8.10. The maximum Gasteiger partial charge on any atom is 0.344 e. The summed E-state index contributed by atoms with van der Waals surface area (Å²) in [6.07, 6.45) is 6.78. The van der Waals surface area contributed by atoms with Crippen LogP contribution < -0.4 is 11.4 Å². The van der Waals surface area contributed by atoms with Crippen molar-refractivity contribution in [2.24, 2.45) is 0 Å². The Morgan fingerprint density at radius 3 is 2.44 bits per heavy atom. The van der Waals surface area contributed by atoms with Gasteiger partial charge in [0.25, 0.3) is 10.1 Å². The molecule has 0 aliphatic heterocycles. The molecule has 1 aliphatic rings. The molecular formula is C23H19NO7S. The molecule has 1 unspecified atom stereocenters. The van der Waals surface area contributed by atoms with Gasteiger partial charge in [0.1, 0.15) is 10.6 Å². The van der Waals surface area contributed by atoms with Gasteiger partial charge in [-0.3, -0.25) is 9.35 Å². The Bertz CT molecular complexity index is 1450. The molecule has 0 saturated heterocycles. The van der Waals surface area contributed by atoms with E-state index >= 15 is 0 Å². The Balaban J connectivity index is 1.99. The third-order valence-electron chi connectivity index (χ3n) is 5.32. The molecule has 164 valence electrons. The fourth-order valence-corrected chi connectivity index (χ4v) is 4.41. The molecule has 1 atom stereocenters. The number of Topliss-reactive ketones (excluding diaryl/α,β-unsaturated/α-hetero) is 1. The number of rotatable bonds is 5. The molecule has 0 fully saturated rings. The van der Waals surface area contributed by atoms with Crippen molar-refractivity contribution < 1.29 is 27.3 Å². The van der Waals surface area contributed by atoms with Gasteiger partial charge >= 0.3 is 5.63 Å². The number of hydrogen-bond acceptors (Lipinski definition) is 7. The molecule has 1 aliphatic carbocycles. The highest BCUT2D eigenvalue weighted by molar-refractivity contribution is 7.86. The van der Waals surface area contributed by atoms with E-state index in [1.54, 1.807) is 42.5 Å². The van der Waals surface area contributed by atoms with E-state index in [0.29, 0.717) is 17.6 Å². The van der Waals surface area contributed by atoms with E-state index in [0.717, 1.165) is 18.6 Å². The molecule has 0 amide bonds. The summed E-state index contributed by atoms with van der Waals surface area (Å²) in [6, 6.07) is 10.6. The number of carbonyl (C=O) groups is 1. The summed E-state index contributed by atoms with van der Waals surface area (Å²) in [6.45, 7) is 0. The average molecular weight is 453 g/mol. The fraction of sp³-hybridized carbons (Fsp3) is 0.130. The summed E-state index contributed by atoms with van der Waals surface area (Å²) < 4.78 is 37.7. The lowest BCUT2D eigenvalue weighted by Crippen LogP contribution is -2.23. The van der Waals surface area contributed by atoms with Gasteiger partial charge in [0.15, 0.2) is 11.4 Å². The lowest BCUT2D eigenvalue weighted by Gasteiger charge is -2.19. The molecule has 2 aromatic carbocycles. The number of benzene rings is 2. The Morgan fingerprint density at radius 2 is 1.81 bits per heavy atom. The van der Waals surface area contributed by atoms with Gasteiger partial charge in [-0.1, -0.05) is 48.6 Å². The fourth-order valence-electron chi connectivity index (χ4n) is 3.80. The molecule has 1 aromatic heterocycles. The van der Waals surface area contributed by atoms with Crippen LogP contribution in [0.25, 0.3) is 11.0 Å². The van der Waals surface area contributed by atoms with Crippen molar-refractivity contribution in [1.29, 1.82) is 0 Å². The van der Waals surface area contributed by atoms with Crippen LogP contribution in [0.3, 0.4) is 0 Å². The van der Waals surface area contributed by atoms with Crippen LogP contribution in [0.1, 0.15) is 29.9 Å². The number of fused-ring (bicyclic) bond motifs is 1. The van der Waals surface area contributed by atoms with Crippen LogP contribution in [0.15, 0.2) is 80.4 Å². The minimum absolute atomic E-state index is 0.0635. The van der Waals surface area contributed by atoms with Crippen LogP contribution in [0.4, 0.5) is 5.69 Å². The molecule has 4 N–H and O–H groups in total. The highest BCUT2D eigenvalue weighted by Crippen LogP contribution is 2.39. The van der Waals surface area contributed by atoms with E-state index < -0.39 is 49.4 Å². The quantitative estimate of drug-likeness (QED) is 0.303. The standard InChI is InChI=1S/C23H19NO7S/c24-19-16(32(28,29)30)12-11-15-21(26)18(23(27)31-22(15)19)17(13-7-3-1-4-8-13)20(25)14-9-5-2-6-10-14/h1,3-5,7-12,17,26H,2,6,24H2,(H,28,29,30). The van der Waals surface area contributed by atoms with Gasteiger partial charge in [-0.05, 0) is 30.5 Å². The molecule has 1 heterocycles. The minimum Gasteiger partial charge on any atom is -0.507 e. The number of aromatic hydroxyl groups is 1. The first-order valence-corrected chi connectivity index (χ1v) is 11.2. The lowest BCUT2D eigenvalue weighted by atomic mass is 9.83. The highest BCUT2D eigenvalue weighted by atomic mass is 32.2. The predicted octanol–water partition coefficient (Wildman–Crippen LogP) is 3.30. The maximum atomic E-state index is 13.4. The summed E-state index contributed by atoms with van der Waals surface area (Å²) in [5.74, 6) is -2.10. The van der Waals surface area contributed by atoms with E-state index in [-0.39, 0.29) is 10.9 Å². The van der Waals surface area contributed by atoms with E-state index in [1.165, 1.54) is 0 Å². The summed E-state index contributed by atoms with van der Waals surface area (Å²) >= 11 is 0. The molecule has 0 radical (unpaired) electrons. The average Bonchev–Trinajstić information content (AvgIpc) is 2.77. The van der Waals surface area contributed by atoms with Crippen molar-refractivity contribution in [1.82, 2.24) is 0 Å². The van der Waals surface area contributed by atoms with E-state index in [4.69, 9.17) is 10.2 Å². The second-order valence-electron chi connectivity index (χ2n) is 7.33. The van der Waals surface area contributed by atoms with Crippen molar-refractivity contribution >= 4 is 32.6 Å². The van der Waals surface area contributed by atoms with Crippen molar-refractivity contribution in [2.75, 3.05) is 5.73 Å². The first-order valence-electron chi connectivity index (χ1n) is 9.71. The van der Waals surface area contributed by atoms with Crippen molar-refractivity contribution in [2.45, 2.75) is 23.7 Å². The second-order valence-corrected chi connectivity index (χ2v) is 8.72. The monoisotopic (exact) mass is 453 g/mol. The van der Waals surface area contributed by atoms with Crippen LogP contribution in [0.5, 0.6) is 5.75 Å². The summed E-state index contributed by atoms with van der Waals surface area (Å²) in [7, 11) is -4.69. The summed E-state index contributed by atoms with van der Waals surface area (Å²) in [4.78, 5) is 25.8. The van der Waals surface area contributed by atoms with E-state index in [2.05, 4.69) is 0 Å². The zero-order chi connectivity index (χ0) is 23.0. The van der Waals surface area contributed by atoms with Crippen molar-refractivity contribution in [3.8, 4) is 5.75 Å². The molecule has 0 bridgehead atoms. The topological polar surface area (TPSA) is 148 Å². The molecular weight excluding hydrogens is 434 g/mol. The van der Waals surface area contributed by atoms with Gasteiger partial charge in [-0.25, -0.2) is 4.79 Å². The normalized spacial score (nSPS) is 14.8.